The highest BCUT2D eigenvalue weighted by Crippen LogP contribution is 2.54. The number of anilines is 3. The van der Waals surface area contributed by atoms with E-state index in [-0.39, 0.29) is 24.3 Å². The van der Waals surface area contributed by atoms with Crippen molar-refractivity contribution in [1.29, 1.82) is 0 Å². The van der Waals surface area contributed by atoms with Crippen LogP contribution >= 0.6 is 0 Å². The zero-order valence-electron chi connectivity index (χ0n) is 20.4. The van der Waals surface area contributed by atoms with Crippen LogP contribution in [0.4, 0.5) is 22.0 Å². The predicted molar refractivity (Wildman–Crippen MR) is 133 cm³/mol. The maximum atomic E-state index is 13.7. The Morgan fingerprint density at radius 3 is 2.53 bits per heavy atom. The highest BCUT2D eigenvalue weighted by Gasteiger charge is 2.53. The van der Waals surface area contributed by atoms with E-state index in [1.54, 1.807) is 38.2 Å². The zero-order chi connectivity index (χ0) is 25.6. The quantitative estimate of drug-likeness (QED) is 0.633. The molecule has 1 spiro atoms. The van der Waals surface area contributed by atoms with Gasteiger partial charge in [-0.2, -0.15) is 0 Å². The summed E-state index contributed by atoms with van der Waals surface area (Å²) in [6.45, 7) is 3.91. The first-order chi connectivity index (χ1) is 16.9. The van der Waals surface area contributed by atoms with Gasteiger partial charge in [-0.1, -0.05) is 12.5 Å². The van der Waals surface area contributed by atoms with Crippen LogP contribution in [0, 0.1) is 0 Å². The van der Waals surface area contributed by atoms with E-state index in [2.05, 4.69) is 10.3 Å². The standard InChI is InChI=1S/C25H27N5O5S/c1-24(2)22(32)30(23(33)28(24)13-15-7-10-26-21-17(15)12-20(31)27-21)16-5-6-18-19(11-16)29(36(3,34)35)14-25(18)8-4-9-25/h5-7,10-11H,4,8-9,12-14H2,1-3H3,(H,26,27,31). The molecule has 0 radical (unpaired) electrons. The molecule has 1 aromatic carbocycles. The number of nitrogens with zero attached hydrogens (tertiary/aromatic N) is 4. The first-order valence-electron chi connectivity index (χ1n) is 12.0. The Labute approximate surface area is 209 Å². The van der Waals surface area contributed by atoms with Crippen LogP contribution in [0.2, 0.25) is 0 Å². The minimum atomic E-state index is -3.52. The summed E-state index contributed by atoms with van der Waals surface area (Å²) in [4.78, 5) is 45.9. The third-order valence-electron chi connectivity index (χ3n) is 8.14. The monoisotopic (exact) mass is 509 g/mol. The summed E-state index contributed by atoms with van der Waals surface area (Å²) in [6, 6.07) is 6.54. The highest BCUT2D eigenvalue weighted by molar-refractivity contribution is 7.92. The van der Waals surface area contributed by atoms with E-state index in [9.17, 15) is 22.8 Å². The van der Waals surface area contributed by atoms with Crippen molar-refractivity contribution in [3.8, 4) is 0 Å². The van der Waals surface area contributed by atoms with Crippen LogP contribution in [-0.4, -0.2) is 54.5 Å². The second-order valence-electron chi connectivity index (χ2n) is 10.7. The van der Waals surface area contributed by atoms with Crippen molar-refractivity contribution in [2.24, 2.45) is 0 Å². The van der Waals surface area contributed by atoms with Gasteiger partial charge in [0.1, 0.15) is 11.4 Å². The van der Waals surface area contributed by atoms with Gasteiger partial charge in [0.15, 0.2) is 0 Å². The molecule has 2 fully saturated rings. The van der Waals surface area contributed by atoms with Crippen LogP contribution in [0.1, 0.15) is 49.8 Å². The Hall–Kier alpha value is -3.47. The third-order valence-corrected chi connectivity index (χ3v) is 9.26. The summed E-state index contributed by atoms with van der Waals surface area (Å²) in [5.74, 6) is -0.0726. The van der Waals surface area contributed by atoms with E-state index >= 15 is 0 Å². The lowest BCUT2D eigenvalue weighted by molar-refractivity contribution is -0.123. The number of amides is 4. The van der Waals surface area contributed by atoms with Gasteiger partial charge in [0.2, 0.25) is 15.9 Å². The fourth-order valence-electron chi connectivity index (χ4n) is 5.91. The van der Waals surface area contributed by atoms with Crippen molar-refractivity contribution in [1.82, 2.24) is 9.88 Å². The Balaban J connectivity index is 1.37. The summed E-state index contributed by atoms with van der Waals surface area (Å²) in [5.41, 5.74) is 2.00. The number of benzene rings is 1. The van der Waals surface area contributed by atoms with Gasteiger partial charge in [-0.05, 0) is 56.0 Å². The molecule has 4 heterocycles. The number of fused-ring (bicyclic) bond motifs is 3. The highest BCUT2D eigenvalue weighted by atomic mass is 32.2. The first-order valence-corrected chi connectivity index (χ1v) is 13.8. The molecule has 1 saturated heterocycles. The molecule has 11 heteroatoms. The average Bonchev–Trinajstić information content (AvgIpc) is 3.38. The van der Waals surface area contributed by atoms with E-state index in [0.717, 1.165) is 40.9 Å². The van der Waals surface area contributed by atoms with Crippen molar-refractivity contribution in [2.45, 2.75) is 57.0 Å². The van der Waals surface area contributed by atoms with Gasteiger partial charge in [0.05, 0.1) is 24.1 Å². The smallest absolute Gasteiger partial charge is 0.310 e. The van der Waals surface area contributed by atoms with Gasteiger partial charge in [0, 0.05) is 30.3 Å². The molecular weight excluding hydrogens is 482 g/mol. The number of carbonyl (C=O) groups excluding carboxylic acids is 3. The Morgan fingerprint density at radius 1 is 1.11 bits per heavy atom. The van der Waals surface area contributed by atoms with Crippen LogP contribution in [0.5, 0.6) is 0 Å². The van der Waals surface area contributed by atoms with E-state index in [0.29, 0.717) is 23.7 Å². The molecule has 1 N–H and O–H groups in total. The number of hydrogen-bond acceptors (Lipinski definition) is 6. The lowest BCUT2D eigenvalue weighted by Gasteiger charge is -2.38. The maximum Gasteiger partial charge on any atom is 0.332 e. The number of hydrogen-bond donors (Lipinski definition) is 1. The number of sulfonamides is 1. The average molecular weight is 510 g/mol. The fraction of sp³-hybridized carbons (Fsp3) is 0.440. The predicted octanol–water partition coefficient (Wildman–Crippen LogP) is 2.52. The number of rotatable bonds is 4. The molecule has 1 saturated carbocycles. The molecular formula is C25H27N5O5S. The fourth-order valence-corrected chi connectivity index (χ4v) is 6.90. The molecule has 36 heavy (non-hydrogen) atoms. The molecule has 3 aliphatic heterocycles. The van der Waals surface area contributed by atoms with Gasteiger partial charge in [-0.3, -0.25) is 13.9 Å². The van der Waals surface area contributed by atoms with Crippen molar-refractivity contribution in [3.05, 3.63) is 47.2 Å². The van der Waals surface area contributed by atoms with Gasteiger partial charge >= 0.3 is 6.03 Å². The number of urea groups is 1. The largest absolute Gasteiger partial charge is 0.332 e. The zero-order valence-corrected chi connectivity index (χ0v) is 21.2. The van der Waals surface area contributed by atoms with Gasteiger partial charge in [-0.25, -0.2) is 23.1 Å². The van der Waals surface area contributed by atoms with Gasteiger partial charge in [-0.15, -0.1) is 0 Å². The summed E-state index contributed by atoms with van der Waals surface area (Å²) in [6.07, 6.45) is 5.81. The molecule has 10 nitrogen and oxygen atoms in total. The molecule has 4 amide bonds. The second kappa shape index (κ2) is 7.28. The Kier molecular flexibility index (Phi) is 4.64. The molecule has 2 aromatic rings. The SMILES string of the molecule is CC1(C)C(=O)N(c2ccc3c(c2)N(S(C)(=O)=O)CC32CCC2)C(=O)N1Cc1ccnc2c1CC(=O)N2. The molecule has 1 aromatic heterocycles. The van der Waals surface area contributed by atoms with Crippen LogP contribution in [-0.2, 0) is 38.0 Å². The van der Waals surface area contributed by atoms with E-state index in [1.807, 2.05) is 6.07 Å². The minimum absolute atomic E-state index is 0.136. The summed E-state index contributed by atoms with van der Waals surface area (Å²) in [7, 11) is -3.52. The Morgan fingerprint density at radius 2 is 1.86 bits per heavy atom. The van der Waals surface area contributed by atoms with Gasteiger partial charge < -0.3 is 10.2 Å². The molecule has 188 valence electrons. The van der Waals surface area contributed by atoms with E-state index < -0.39 is 27.5 Å². The molecule has 6 rings (SSSR count). The normalized spacial score (nSPS) is 21.6. The lowest BCUT2D eigenvalue weighted by Crippen LogP contribution is -2.43. The van der Waals surface area contributed by atoms with Gasteiger partial charge in [0.25, 0.3) is 5.91 Å². The minimum Gasteiger partial charge on any atom is -0.310 e. The van der Waals surface area contributed by atoms with Crippen LogP contribution in [0.3, 0.4) is 0 Å². The summed E-state index contributed by atoms with van der Waals surface area (Å²) in [5, 5.41) is 2.71. The molecule has 0 bridgehead atoms. The lowest BCUT2D eigenvalue weighted by atomic mass is 9.66. The van der Waals surface area contributed by atoms with E-state index in [4.69, 9.17) is 0 Å². The summed E-state index contributed by atoms with van der Waals surface area (Å²) >= 11 is 0. The molecule has 0 unspecified atom stereocenters. The number of pyridine rings is 1. The number of imide groups is 1. The van der Waals surface area contributed by atoms with E-state index in [1.165, 1.54) is 15.5 Å². The van der Waals surface area contributed by atoms with Crippen molar-refractivity contribution in [2.75, 3.05) is 27.3 Å². The topological polar surface area (TPSA) is 120 Å². The maximum absolute atomic E-state index is 13.7. The number of aromatic nitrogens is 1. The first kappa shape index (κ1) is 23.0. The van der Waals surface area contributed by atoms with Crippen molar-refractivity contribution >= 4 is 45.1 Å². The molecule has 4 aliphatic rings. The van der Waals surface area contributed by atoms with Crippen molar-refractivity contribution in [3.63, 3.8) is 0 Å². The van der Waals surface area contributed by atoms with Crippen LogP contribution in [0.25, 0.3) is 0 Å². The number of carbonyl (C=O) groups is 3. The van der Waals surface area contributed by atoms with Crippen molar-refractivity contribution < 1.29 is 22.8 Å². The number of nitrogens with one attached hydrogen (secondary N) is 1. The van der Waals surface area contributed by atoms with Crippen LogP contribution < -0.4 is 14.5 Å². The Bertz CT molecular complexity index is 1460. The molecule has 0 atom stereocenters. The van der Waals surface area contributed by atoms with Crippen LogP contribution in [0.15, 0.2) is 30.5 Å². The third kappa shape index (κ3) is 3.11. The second-order valence-corrected chi connectivity index (χ2v) is 12.6. The molecule has 1 aliphatic carbocycles. The summed E-state index contributed by atoms with van der Waals surface area (Å²) < 4.78 is 26.6.